The Morgan fingerprint density at radius 1 is 2.00 bits per heavy atom. The average Bonchev–Trinajstić information content (AvgIpc) is 2.50. The summed E-state index contributed by atoms with van der Waals surface area (Å²) in [4.78, 5) is 15.6. The van der Waals surface area contributed by atoms with Gasteiger partial charge in [-0.2, -0.15) is 0 Å². The molecule has 0 bridgehead atoms. The van der Waals surface area contributed by atoms with Crippen LogP contribution >= 0.6 is 11.6 Å². The molecule has 0 radical (unpaired) electrons. The number of halogens is 1. The number of carbonyl (C=O) groups excluding carboxylic acids is 1. The van der Waals surface area contributed by atoms with Gasteiger partial charge in [-0.15, -0.1) is 11.6 Å². The van der Waals surface area contributed by atoms with Crippen molar-refractivity contribution in [2.24, 2.45) is 5.16 Å². The number of carbonyl (C=O) groups is 1. The number of nitrogens with zero attached hydrogens (tertiary/aromatic N) is 1. The number of rotatable bonds is 2. The molecule has 1 atom stereocenters. The van der Waals surface area contributed by atoms with E-state index in [-0.39, 0.29) is 6.10 Å². The van der Waals surface area contributed by atoms with E-state index >= 15 is 0 Å². The Bertz CT molecular complexity index is 192. The van der Waals surface area contributed by atoms with Crippen LogP contribution in [0.15, 0.2) is 5.16 Å². The summed E-state index contributed by atoms with van der Waals surface area (Å²) in [6, 6.07) is 0. The van der Waals surface area contributed by atoms with Gasteiger partial charge in [0, 0.05) is 6.42 Å². The van der Waals surface area contributed by atoms with Crippen LogP contribution in [0, 0.1) is 0 Å². The lowest BCUT2D eigenvalue weighted by Gasteiger charge is -1.99. The van der Waals surface area contributed by atoms with Gasteiger partial charge in [0.05, 0.1) is 13.0 Å². The van der Waals surface area contributed by atoms with Crippen molar-refractivity contribution >= 4 is 23.3 Å². The fraction of sp³-hybridized carbons (Fsp3) is 0.667. The molecule has 1 aliphatic heterocycles. The van der Waals surface area contributed by atoms with Crippen molar-refractivity contribution in [1.82, 2.24) is 0 Å². The Morgan fingerprint density at radius 3 is 3.18 bits per heavy atom. The van der Waals surface area contributed by atoms with Crippen LogP contribution in [0.3, 0.4) is 0 Å². The Labute approximate surface area is 69.1 Å². The van der Waals surface area contributed by atoms with Gasteiger partial charge in [-0.1, -0.05) is 5.16 Å². The van der Waals surface area contributed by atoms with Crippen LogP contribution in [0.1, 0.15) is 6.42 Å². The van der Waals surface area contributed by atoms with Crippen molar-refractivity contribution < 1.29 is 14.4 Å². The fourth-order valence-corrected chi connectivity index (χ4v) is 0.915. The predicted molar refractivity (Wildman–Crippen MR) is 39.7 cm³/mol. The molecule has 0 N–H and O–H groups in total. The van der Waals surface area contributed by atoms with E-state index < -0.39 is 5.97 Å². The molecule has 0 fully saturated rings. The lowest BCUT2D eigenvalue weighted by molar-refractivity contribution is -0.132. The second-order valence-corrected chi connectivity index (χ2v) is 2.42. The first-order valence-electron chi connectivity index (χ1n) is 3.15. The van der Waals surface area contributed by atoms with Crippen LogP contribution in [0.2, 0.25) is 0 Å². The zero-order valence-corrected chi connectivity index (χ0v) is 6.80. The number of esters is 1. The maximum atomic E-state index is 10.8. The van der Waals surface area contributed by atoms with E-state index in [1.807, 2.05) is 0 Å². The van der Waals surface area contributed by atoms with Gasteiger partial charge < -0.3 is 9.57 Å². The first-order chi connectivity index (χ1) is 5.27. The number of oxime groups is 1. The molecule has 0 spiro atoms. The minimum absolute atomic E-state index is 0.175. The van der Waals surface area contributed by atoms with Gasteiger partial charge in [-0.25, -0.2) is 4.79 Å². The molecule has 1 heterocycles. The third-order valence-corrected chi connectivity index (χ3v) is 1.67. The highest BCUT2D eigenvalue weighted by molar-refractivity contribution is 6.36. The molecule has 0 aromatic heterocycles. The molecular formula is C6H8ClNO3. The van der Waals surface area contributed by atoms with Gasteiger partial charge in [0.1, 0.15) is 6.10 Å². The fourth-order valence-electron chi connectivity index (χ4n) is 0.749. The summed E-state index contributed by atoms with van der Waals surface area (Å²) in [6.07, 6.45) is 0.265. The summed E-state index contributed by atoms with van der Waals surface area (Å²) < 4.78 is 4.43. The molecular weight excluding hydrogens is 170 g/mol. The number of ether oxygens (including phenoxy) is 1. The van der Waals surface area contributed by atoms with Crippen LogP contribution in [-0.4, -0.2) is 30.8 Å². The number of hydrogen-bond acceptors (Lipinski definition) is 4. The minimum Gasteiger partial charge on any atom is -0.464 e. The summed E-state index contributed by atoms with van der Waals surface area (Å²) in [5.41, 5.74) is 0.304. The van der Waals surface area contributed by atoms with E-state index in [0.29, 0.717) is 18.0 Å². The van der Waals surface area contributed by atoms with Crippen LogP contribution in [0.5, 0.6) is 0 Å². The number of alkyl halides is 1. The Morgan fingerprint density at radius 2 is 2.73 bits per heavy atom. The van der Waals surface area contributed by atoms with Gasteiger partial charge in [0.15, 0.2) is 5.71 Å². The van der Waals surface area contributed by atoms with E-state index in [4.69, 9.17) is 16.4 Å². The zero-order chi connectivity index (χ0) is 8.27. The highest BCUT2D eigenvalue weighted by Crippen LogP contribution is 2.12. The second-order valence-electron chi connectivity index (χ2n) is 2.12. The quantitative estimate of drug-likeness (QED) is 0.457. The highest BCUT2D eigenvalue weighted by atomic mass is 35.5. The Kier molecular flexibility index (Phi) is 2.70. The predicted octanol–water partition coefficient (Wildman–Crippen LogP) is 0.543. The van der Waals surface area contributed by atoms with E-state index in [2.05, 4.69) is 9.89 Å². The van der Waals surface area contributed by atoms with E-state index in [0.717, 1.165) is 0 Å². The van der Waals surface area contributed by atoms with Gasteiger partial charge in [0.2, 0.25) is 0 Å². The van der Waals surface area contributed by atoms with Gasteiger partial charge in [-0.3, -0.25) is 0 Å². The van der Waals surface area contributed by atoms with Gasteiger partial charge >= 0.3 is 5.97 Å². The largest absolute Gasteiger partial charge is 0.464 e. The van der Waals surface area contributed by atoms with Gasteiger partial charge in [0.25, 0.3) is 0 Å². The average molecular weight is 178 g/mol. The Hall–Kier alpha value is -0.770. The molecule has 0 aliphatic carbocycles. The smallest absolute Gasteiger partial charge is 0.355 e. The molecule has 1 rings (SSSR count). The third-order valence-electron chi connectivity index (χ3n) is 1.33. The van der Waals surface area contributed by atoms with Crippen LogP contribution in [0.4, 0.5) is 0 Å². The highest BCUT2D eigenvalue weighted by Gasteiger charge is 2.25. The van der Waals surface area contributed by atoms with Crippen molar-refractivity contribution in [3.05, 3.63) is 0 Å². The lowest BCUT2D eigenvalue weighted by Crippen LogP contribution is -2.17. The maximum Gasteiger partial charge on any atom is 0.355 e. The summed E-state index contributed by atoms with van der Waals surface area (Å²) in [5.74, 6) is -0.109. The molecule has 4 nitrogen and oxygen atoms in total. The van der Waals surface area contributed by atoms with Crippen LogP contribution in [-0.2, 0) is 14.4 Å². The minimum atomic E-state index is -0.447. The standard InChI is InChI=1S/C6H8ClNO3/c1-10-6(9)5-2-4(3-7)11-8-5/h4H,2-3H2,1H3. The van der Waals surface area contributed by atoms with Crippen molar-refractivity contribution in [1.29, 1.82) is 0 Å². The van der Waals surface area contributed by atoms with Crippen molar-refractivity contribution in [3.63, 3.8) is 0 Å². The molecule has 11 heavy (non-hydrogen) atoms. The molecule has 0 saturated carbocycles. The van der Waals surface area contributed by atoms with Crippen LogP contribution < -0.4 is 0 Å². The second kappa shape index (κ2) is 3.57. The third kappa shape index (κ3) is 1.83. The topological polar surface area (TPSA) is 47.9 Å². The summed E-state index contributed by atoms with van der Waals surface area (Å²) in [6.45, 7) is 0. The van der Waals surface area contributed by atoms with Crippen molar-refractivity contribution in [2.75, 3.05) is 13.0 Å². The first kappa shape index (κ1) is 8.33. The summed E-state index contributed by atoms with van der Waals surface area (Å²) in [5, 5.41) is 3.52. The molecule has 62 valence electrons. The number of methoxy groups -OCH3 is 1. The summed E-state index contributed by atoms with van der Waals surface area (Å²) >= 11 is 5.47. The SMILES string of the molecule is COC(=O)C1=NOC(CCl)C1. The van der Waals surface area contributed by atoms with Crippen LogP contribution in [0.25, 0.3) is 0 Å². The molecule has 0 saturated heterocycles. The van der Waals surface area contributed by atoms with E-state index in [1.165, 1.54) is 7.11 Å². The van der Waals surface area contributed by atoms with E-state index in [1.54, 1.807) is 0 Å². The maximum absolute atomic E-state index is 10.8. The van der Waals surface area contributed by atoms with Crippen molar-refractivity contribution in [2.45, 2.75) is 12.5 Å². The number of hydrogen-bond donors (Lipinski definition) is 0. The molecule has 0 amide bonds. The van der Waals surface area contributed by atoms with E-state index in [9.17, 15) is 4.79 Å². The van der Waals surface area contributed by atoms with Crippen molar-refractivity contribution in [3.8, 4) is 0 Å². The zero-order valence-electron chi connectivity index (χ0n) is 6.04. The molecule has 0 aromatic rings. The summed E-state index contributed by atoms with van der Waals surface area (Å²) in [7, 11) is 1.30. The Balaban J connectivity index is 2.45. The molecule has 5 heteroatoms. The normalized spacial score (nSPS) is 22.4. The molecule has 1 aliphatic rings. The molecule has 0 aromatic carbocycles. The first-order valence-corrected chi connectivity index (χ1v) is 3.68. The van der Waals surface area contributed by atoms with Gasteiger partial charge in [-0.05, 0) is 0 Å². The molecule has 1 unspecified atom stereocenters. The monoisotopic (exact) mass is 177 g/mol. The lowest BCUT2D eigenvalue weighted by atomic mass is 10.2.